The highest BCUT2D eigenvalue weighted by molar-refractivity contribution is 6.00. The van der Waals surface area contributed by atoms with Gasteiger partial charge in [0.2, 0.25) is 5.91 Å². The molecule has 0 fully saturated rings. The van der Waals surface area contributed by atoms with Crippen molar-refractivity contribution in [2.75, 3.05) is 18.5 Å². The predicted molar refractivity (Wildman–Crippen MR) is 82.5 cm³/mol. The van der Waals surface area contributed by atoms with Gasteiger partial charge in [0, 0.05) is 18.3 Å². The van der Waals surface area contributed by atoms with Crippen LogP contribution in [0.5, 0.6) is 0 Å². The SMILES string of the molecule is CCNC(c1coc(C)c1)c1ccc2c(c1)CC(=O)N2C. The second-order valence-electron chi connectivity index (χ2n) is 5.50. The van der Waals surface area contributed by atoms with E-state index in [9.17, 15) is 4.79 Å². The van der Waals surface area contributed by atoms with Gasteiger partial charge in [-0.3, -0.25) is 4.79 Å². The molecule has 0 radical (unpaired) electrons. The molecule has 110 valence electrons. The fourth-order valence-electron chi connectivity index (χ4n) is 2.92. The van der Waals surface area contributed by atoms with E-state index in [1.165, 1.54) is 5.56 Å². The Balaban J connectivity index is 1.98. The Kier molecular flexibility index (Phi) is 3.55. The summed E-state index contributed by atoms with van der Waals surface area (Å²) in [4.78, 5) is 13.5. The number of amides is 1. The van der Waals surface area contributed by atoms with Crippen LogP contribution >= 0.6 is 0 Å². The number of fused-ring (bicyclic) bond motifs is 1. The fourth-order valence-corrected chi connectivity index (χ4v) is 2.92. The summed E-state index contributed by atoms with van der Waals surface area (Å²) in [5.41, 5.74) is 4.40. The molecule has 1 aliphatic heterocycles. The molecule has 4 heteroatoms. The molecule has 2 heterocycles. The van der Waals surface area contributed by atoms with E-state index in [0.717, 1.165) is 29.1 Å². The topological polar surface area (TPSA) is 45.5 Å². The van der Waals surface area contributed by atoms with Gasteiger partial charge in [-0.05, 0) is 36.7 Å². The third-order valence-corrected chi connectivity index (χ3v) is 4.01. The second-order valence-corrected chi connectivity index (χ2v) is 5.50. The standard InChI is InChI=1S/C17H20N2O2/c1-4-18-17(14-7-11(2)21-10-14)12-5-6-15-13(8-12)9-16(20)19(15)3/h5-8,10,17-18H,4,9H2,1-3H3. The van der Waals surface area contributed by atoms with Gasteiger partial charge < -0.3 is 14.6 Å². The van der Waals surface area contributed by atoms with Crippen molar-refractivity contribution in [3.05, 3.63) is 53.0 Å². The van der Waals surface area contributed by atoms with Crippen molar-refractivity contribution in [2.24, 2.45) is 0 Å². The number of likely N-dealkylation sites (N-methyl/N-ethyl adjacent to an activating group) is 1. The minimum absolute atomic E-state index is 0.0961. The highest BCUT2D eigenvalue weighted by atomic mass is 16.3. The number of rotatable bonds is 4. The predicted octanol–water partition coefficient (Wildman–Crippen LogP) is 2.81. The largest absolute Gasteiger partial charge is 0.469 e. The molecule has 0 saturated carbocycles. The molecule has 1 amide bonds. The fraction of sp³-hybridized carbons (Fsp3) is 0.353. The summed E-state index contributed by atoms with van der Waals surface area (Å²) in [5, 5.41) is 3.48. The van der Waals surface area contributed by atoms with Gasteiger partial charge in [0.15, 0.2) is 0 Å². The van der Waals surface area contributed by atoms with Crippen molar-refractivity contribution in [3.63, 3.8) is 0 Å². The Bertz CT molecular complexity index is 675. The van der Waals surface area contributed by atoms with Crippen molar-refractivity contribution in [2.45, 2.75) is 26.3 Å². The molecule has 0 bridgehead atoms. The Morgan fingerprint density at radius 2 is 2.14 bits per heavy atom. The van der Waals surface area contributed by atoms with Gasteiger partial charge in [-0.15, -0.1) is 0 Å². The Morgan fingerprint density at radius 3 is 2.81 bits per heavy atom. The number of hydrogen-bond donors (Lipinski definition) is 1. The van der Waals surface area contributed by atoms with Gasteiger partial charge in [0.05, 0.1) is 18.7 Å². The van der Waals surface area contributed by atoms with E-state index in [4.69, 9.17) is 4.42 Å². The van der Waals surface area contributed by atoms with Crippen LogP contribution in [0.15, 0.2) is 34.9 Å². The summed E-state index contributed by atoms with van der Waals surface area (Å²) in [5.74, 6) is 1.06. The summed E-state index contributed by atoms with van der Waals surface area (Å²) >= 11 is 0. The maximum atomic E-state index is 11.8. The Hall–Kier alpha value is -2.07. The number of carbonyl (C=O) groups is 1. The van der Waals surface area contributed by atoms with E-state index in [1.807, 2.05) is 20.0 Å². The minimum Gasteiger partial charge on any atom is -0.469 e. The van der Waals surface area contributed by atoms with Gasteiger partial charge in [0.1, 0.15) is 5.76 Å². The lowest BCUT2D eigenvalue weighted by Crippen LogP contribution is -2.21. The molecule has 2 aromatic rings. The van der Waals surface area contributed by atoms with E-state index < -0.39 is 0 Å². The third kappa shape index (κ3) is 2.47. The molecule has 1 atom stereocenters. The van der Waals surface area contributed by atoms with Crippen LogP contribution < -0.4 is 10.2 Å². The average molecular weight is 284 g/mol. The van der Waals surface area contributed by atoms with Crippen LogP contribution in [0.3, 0.4) is 0 Å². The number of aryl methyl sites for hydroxylation is 1. The molecular formula is C17H20N2O2. The van der Waals surface area contributed by atoms with Gasteiger partial charge in [-0.25, -0.2) is 0 Å². The van der Waals surface area contributed by atoms with Gasteiger partial charge in [0.25, 0.3) is 0 Å². The first-order valence-electron chi connectivity index (χ1n) is 7.28. The van der Waals surface area contributed by atoms with Gasteiger partial charge in [-0.1, -0.05) is 19.1 Å². The zero-order chi connectivity index (χ0) is 15.0. The van der Waals surface area contributed by atoms with E-state index in [0.29, 0.717) is 6.42 Å². The monoisotopic (exact) mass is 284 g/mol. The molecule has 0 saturated heterocycles. The molecule has 1 aromatic heterocycles. The van der Waals surface area contributed by atoms with Gasteiger partial charge in [-0.2, -0.15) is 0 Å². The number of hydrogen-bond acceptors (Lipinski definition) is 3. The third-order valence-electron chi connectivity index (χ3n) is 4.01. The van der Waals surface area contributed by atoms with Crippen molar-refractivity contribution in [1.82, 2.24) is 5.32 Å². The lowest BCUT2D eigenvalue weighted by molar-refractivity contribution is -0.117. The number of anilines is 1. The van der Waals surface area contributed by atoms with Crippen LogP contribution in [0.2, 0.25) is 0 Å². The normalized spacial score (nSPS) is 15.4. The first kappa shape index (κ1) is 13.9. The lowest BCUT2D eigenvalue weighted by Gasteiger charge is -2.18. The Labute approximate surface area is 124 Å². The molecule has 1 aromatic carbocycles. The highest BCUT2D eigenvalue weighted by Gasteiger charge is 2.25. The minimum atomic E-state index is 0.0961. The van der Waals surface area contributed by atoms with E-state index in [2.05, 4.69) is 30.4 Å². The zero-order valence-corrected chi connectivity index (χ0v) is 12.6. The molecule has 0 aliphatic carbocycles. The molecule has 21 heavy (non-hydrogen) atoms. The molecule has 0 spiro atoms. The second kappa shape index (κ2) is 5.37. The summed E-state index contributed by atoms with van der Waals surface area (Å²) in [6, 6.07) is 8.40. The summed E-state index contributed by atoms with van der Waals surface area (Å²) in [7, 11) is 1.83. The van der Waals surface area contributed by atoms with Crippen molar-refractivity contribution in [3.8, 4) is 0 Å². The molecule has 1 aliphatic rings. The molecule has 1 unspecified atom stereocenters. The number of nitrogens with zero attached hydrogens (tertiary/aromatic N) is 1. The van der Waals surface area contributed by atoms with Crippen molar-refractivity contribution >= 4 is 11.6 Å². The van der Waals surface area contributed by atoms with E-state index >= 15 is 0 Å². The van der Waals surface area contributed by atoms with E-state index in [-0.39, 0.29) is 11.9 Å². The average Bonchev–Trinajstić information content (AvgIpc) is 3.01. The zero-order valence-electron chi connectivity index (χ0n) is 12.6. The van der Waals surface area contributed by atoms with Crippen LogP contribution in [0.25, 0.3) is 0 Å². The summed E-state index contributed by atoms with van der Waals surface area (Å²) < 4.78 is 5.44. The quantitative estimate of drug-likeness (QED) is 0.939. The van der Waals surface area contributed by atoms with Crippen LogP contribution in [0.4, 0.5) is 5.69 Å². The number of benzene rings is 1. The first-order valence-corrected chi connectivity index (χ1v) is 7.28. The lowest BCUT2D eigenvalue weighted by atomic mass is 9.98. The summed E-state index contributed by atoms with van der Waals surface area (Å²) in [6.07, 6.45) is 2.29. The number of nitrogens with one attached hydrogen (secondary N) is 1. The Morgan fingerprint density at radius 1 is 1.33 bits per heavy atom. The van der Waals surface area contributed by atoms with Crippen LogP contribution in [0, 0.1) is 6.92 Å². The first-order chi connectivity index (χ1) is 10.1. The van der Waals surface area contributed by atoms with Gasteiger partial charge >= 0.3 is 0 Å². The van der Waals surface area contributed by atoms with Crippen molar-refractivity contribution in [1.29, 1.82) is 0 Å². The smallest absolute Gasteiger partial charge is 0.231 e. The maximum absolute atomic E-state index is 11.8. The highest BCUT2D eigenvalue weighted by Crippen LogP contribution is 2.32. The van der Waals surface area contributed by atoms with Crippen molar-refractivity contribution < 1.29 is 9.21 Å². The number of carbonyl (C=O) groups excluding carboxylic acids is 1. The summed E-state index contributed by atoms with van der Waals surface area (Å²) in [6.45, 7) is 4.90. The molecule has 3 rings (SSSR count). The maximum Gasteiger partial charge on any atom is 0.231 e. The molecule has 4 nitrogen and oxygen atoms in total. The van der Waals surface area contributed by atoms with Crippen LogP contribution in [-0.2, 0) is 11.2 Å². The number of furan rings is 1. The molecular weight excluding hydrogens is 264 g/mol. The molecule has 1 N–H and O–H groups in total. The van der Waals surface area contributed by atoms with Crippen LogP contribution in [0.1, 0.15) is 35.4 Å². The van der Waals surface area contributed by atoms with Crippen LogP contribution in [-0.4, -0.2) is 19.5 Å². The van der Waals surface area contributed by atoms with E-state index in [1.54, 1.807) is 11.2 Å².